The number of oxazole rings is 1. The summed E-state index contributed by atoms with van der Waals surface area (Å²) in [6.45, 7) is 0. The Morgan fingerprint density at radius 3 is 2.57 bits per heavy atom. The monoisotopic (exact) mass is 295 g/mol. The highest BCUT2D eigenvalue weighted by atomic mass is 127. The molecule has 0 bridgehead atoms. The van der Waals surface area contributed by atoms with E-state index < -0.39 is 0 Å². The molecule has 14 heavy (non-hydrogen) atoms. The zero-order chi connectivity index (χ0) is 9.54. The van der Waals surface area contributed by atoms with Gasteiger partial charge >= 0.3 is 0 Å². The van der Waals surface area contributed by atoms with Crippen molar-refractivity contribution >= 4 is 44.5 Å². The van der Waals surface area contributed by atoms with E-state index in [-0.39, 0.29) is 0 Å². The number of hydrogen-bond donors (Lipinski definition) is 0. The van der Waals surface area contributed by atoms with Gasteiger partial charge in [-0.05, 0) is 22.9 Å². The van der Waals surface area contributed by atoms with Crippen LogP contribution in [0.5, 0.6) is 0 Å². The van der Waals surface area contributed by atoms with Crippen molar-refractivity contribution in [3.05, 3.63) is 40.3 Å². The Morgan fingerprint density at radius 1 is 1.07 bits per heavy atom. The number of aromatic nitrogens is 1. The van der Waals surface area contributed by atoms with Crippen molar-refractivity contribution in [1.82, 2.24) is 4.98 Å². The minimum Gasteiger partial charge on any atom is -0.432 e. The van der Waals surface area contributed by atoms with Crippen LogP contribution in [-0.4, -0.2) is 4.98 Å². The van der Waals surface area contributed by atoms with Gasteiger partial charge in [-0.15, -0.1) is 0 Å². The van der Waals surface area contributed by atoms with Gasteiger partial charge in [-0.2, -0.15) is 0 Å². The molecule has 0 radical (unpaired) electrons. The number of rotatable bonds is 0. The molecule has 1 aromatic heterocycles. The summed E-state index contributed by atoms with van der Waals surface area (Å²) in [6, 6.07) is 12.3. The molecule has 2 nitrogen and oxygen atoms in total. The van der Waals surface area contributed by atoms with Crippen molar-refractivity contribution in [1.29, 1.82) is 0 Å². The molecule has 3 rings (SSSR count). The molecule has 0 saturated heterocycles. The average molecular weight is 295 g/mol. The van der Waals surface area contributed by atoms with Crippen molar-refractivity contribution < 1.29 is 4.42 Å². The van der Waals surface area contributed by atoms with Gasteiger partial charge in [0.1, 0.15) is 5.52 Å². The third kappa shape index (κ3) is 1.19. The van der Waals surface area contributed by atoms with Crippen LogP contribution >= 0.6 is 22.6 Å². The first-order valence-corrected chi connectivity index (χ1v) is 5.36. The van der Waals surface area contributed by atoms with Gasteiger partial charge in [0.15, 0.2) is 5.58 Å². The van der Waals surface area contributed by atoms with Crippen LogP contribution in [0.1, 0.15) is 0 Å². The molecule has 1 heterocycles. The van der Waals surface area contributed by atoms with E-state index in [2.05, 4.69) is 45.8 Å². The average Bonchev–Trinajstić information content (AvgIpc) is 2.53. The smallest absolute Gasteiger partial charge is 0.258 e. The van der Waals surface area contributed by atoms with E-state index in [0.29, 0.717) is 3.90 Å². The second-order valence-corrected chi connectivity index (χ2v) is 4.06. The summed E-state index contributed by atoms with van der Waals surface area (Å²) in [5.41, 5.74) is 1.78. The summed E-state index contributed by atoms with van der Waals surface area (Å²) < 4.78 is 6.14. The molecule has 0 unspecified atom stereocenters. The topological polar surface area (TPSA) is 26.0 Å². The molecule has 2 aromatic carbocycles. The van der Waals surface area contributed by atoms with Crippen LogP contribution in [0, 0.1) is 3.90 Å². The summed E-state index contributed by atoms with van der Waals surface area (Å²) >= 11 is 2.08. The SMILES string of the molecule is Ic1nc2cc3ccccc3cc2o1. The molecule has 3 heteroatoms. The molecular formula is C11H6INO. The summed E-state index contributed by atoms with van der Waals surface area (Å²) in [5, 5.41) is 2.39. The Bertz CT molecular complexity index is 562. The van der Waals surface area contributed by atoms with E-state index in [0.717, 1.165) is 11.1 Å². The lowest BCUT2D eigenvalue weighted by atomic mass is 10.1. The summed E-state index contributed by atoms with van der Waals surface area (Å²) in [6.07, 6.45) is 0. The third-order valence-corrected chi connectivity index (χ3v) is 2.69. The van der Waals surface area contributed by atoms with Crippen LogP contribution in [0.15, 0.2) is 40.8 Å². The molecule has 0 aliphatic rings. The van der Waals surface area contributed by atoms with E-state index in [9.17, 15) is 0 Å². The van der Waals surface area contributed by atoms with Crippen LogP contribution < -0.4 is 0 Å². The predicted octanol–water partition coefficient (Wildman–Crippen LogP) is 3.59. The van der Waals surface area contributed by atoms with Crippen molar-refractivity contribution in [3.63, 3.8) is 0 Å². The van der Waals surface area contributed by atoms with Gasteiger partial charge in [-0.25, -0.2) is 4.98 Å². The lowest BCUT2D eigenvalue weighted by molar-refractivity contribution is 0.567. The van der Waals surface area contributed by atoms with Crippen LogP contribution in [0.4, 0.5) is 0 Å². The third-order valence-electron chi connectivity index (χ3n) is 2.23. The fraction of sp³-hybridized carbons (Fsp3) is 0. The van der Waals surface area contributed by atoms with Crippen molar-refractivity contribution in [3.8, 4) is 0 Å². The van der Waals surface area contributed by atoms with Crippen molar-refractivity contribution in [2.45, 2.75) is 0 Å². The molecule has 0 aliphatic heterocycles. The summed E-state index contributed by atoms with van der Waals surface area (Å²) in [7, 11) is 0. The van der Waals surface area contributed by atoms with Crippen molar-refractivity contribution in [2.24, 2.45) is 0 Å². The maximum absolute atomic E-state index is 5.45. The van der Waals surface area contributed by atoms with Gasteiger partial charge in [0.2, 0.25) is 0 Å². The molecule has 68 valence electrons. The lowest BCUT2D eigenvalue weighted by Crippen LogP contribution is -1.72. The molecule has 0 spiro atoms. The highest BCUT2D eigenvalue weighted by Crippen LogP contribution is 2.23. The minimum atomic E-state index is 0.688. The fourth-order valence-electron chi connectivity index (χ4n) is 1.58. The van der Waals surface area contributed by atoms with Gasteiger partial charge in [-0.1, -0.05) is 24.3 Å². The largest absolute Gasteiger partial charge is 0.432 e. The number of hydrogen-bond acceptors (Lipinski definition) is 2. The standard InChI is InChI=1S/C11H6INO/c12-11-13-9-5-7-3-1-2-4-8(7)6-10(9)14-11/h1-6H. The Balaban J connectivity index is 2.51. The van der Waals surface area contributed by atoms with E-state index in [4.69, 9.17) is 4.42 Å². The Morgan fingerprint density at radius 2 is 1.79 bits per heavy atom. The number of halogens is 1. The van der Waals surface area contributed by atoms with Crippen LogP contribution in [0.25, 0.3) is 21.9 Å². The van der Waals surface area contributed by atoms with Gasteiger partial charge in [-0.3, -0.25) is 0 Å². The van der Waals surface area contributed by atoms with E-state index in [1.54, 1.807) is 0 Å². The van der Waals surface area contributed by atoms with Gasteiger partial charge in [0, 0.05) is 22.6 Å². The molecule has 0 atom stereocenters. The van der Waals surface area contributed by atoms with Crippen LogP contribution in [-0.2, 0) is 0 Å². The van der Waals surface area contributed by atoms with Gasteiger partial charge < -0.3 is 4.42 Å². The van der Waals surface area contributed by atoms with E-state index >= 15 is 0 Å². The van der Waals surface area contributed by atoms with E-state index in [1.807, 2.05) is 18.2 Å². The first kappa shape index (κ1) is 8.23. The first-order valence-electron chi connectivity index (χ1n) is 4.28. The number of nitrogens with zero attached hydrogens (tertiary/aromatic N) is 1. The number of benzene rings is 2. The second kappa shape index (κ2) is 2.95. The van der Waals surface area contributed by atoms with Crippen molar-refractivity contribution in [2.75, 3.05) is 0 Å². The first-order chi connectivity index (χ1) is 6.83. The van der Waals surface area contributed by atoms with E-state index in [1.165, 1.54) is 10.8 Å². The zero-order valence-corrected chi connectivity index (χ0v) is 9.36. The van der Waals surface area contributed by atoms with Gasteiger partial charge in [0.05, 0.1) is 0 Å². The predicted molar refractivity (Wildman–Crippen MR) is 64.2 cm³/mol. The molecule has 0 amide bonds. The second-order valence-electron chi connectivity index (χ2n) is 3.13. The number of fused-ring (bicyclic) bond motifs is 2. The zero-order valence-electron chi connectivity index (χ0n) is 7.20. The molecule has 0 saturated carbocycles. The van der Waals surface area contributed by atoms with Gasteiger partial charge in [0.25, 0.3) is 3.90 Å². The fourth-order valence-corrected chi connectivity index (χ4v) is 2.08. The molecule has 0 N–H and O–H groups in total. The molecule has 0 fully saturated rings. The molecule has 3 aromatic rings. The normalized spacial score (nSPS) is 11.2. The lowest BCUT2D eigenvalue weighted by Gasteiger charge is -1.94. The minimum absolute atomic E-state index is 0.688. The van der Waals surface area contributed by atoms with Crippen LogP contribution in [0.3, 0.4) is 0 Å². The highest BCUT2D eigenvalue weighted by Gasteiger charge is 2.03. The quantitative estimate of drug-likeness (QED) is 0.592. The Hall–Kier alpha value is -1.10. The summed E-state index contributed by atoms with van der Waals surface area (Å²) in [5.74, 6) is 0. The summed E-state index contributed by atoms with van der Waals surface area (Å²) in [4.78, 5) is 4.28. The Kier molecular flexibility index (Phi) is 1.73. The Labute approximate surface area is 94.1 Å². The maximum atomic E-state index is 5.45. The maximum Gasteiger partial charge on any atom is 0.258 e. The highest BCUT2D eigenvalue weighted by molar-refractivity contribution is 14.1. The molecular weight excluding hydrogens is 289 g/mol. The molecule has 0 aliphatic carbocycles. The van der Waals surface area contributed by atoms with Crippen LogP contribution in [0.2, 0.25) is 0 Å².